The Balaban J connectivity index is 1.54. The molecule has 7 heteroatoms. The monoisotopic (exact) mass is 295 g/mol. The van der Waals surface area contributed by atoms with Gasteiger partial charge in [-0.25, -0.2) is 0 Å². The minimum Gasteiger partial charge on any atom is -0.459 e. The van der Waals surface area contributed by atoms with Gasteiger partial charge in [0.15, 0.2) is 5.76 Å². The molecular weight excluding hydrogens is 278 g/mol. The van der Waals surface area contributed by atoms with Crippen LogP contribution in [0.3, 0.4) is 0 Å². The Morgan fingerprint density at radius 2 is 2.00 bits per heavy atom. The number of amides is 2. The molecule has 0 spiro atoms. The molecule has 0 radical (unpaired) electrons. The van der Waals surface area contributed by atoms with Crippen molar-refractivity contribution < 1.29 is 14.0 Å². The molecule has 20 heavy (non-hydrogen) atoms. The van der Waals surface area contributed by atoms with Crippen LogP contribution in [0.15, 0.2) is 22.8 Å². The van der Waals surface area contributed by atoms with E-state index in [9.17, 15) is 9.59 Å². The van der Waals surface area contributed by atoms with E-state index in [4.69, 9.17) is 4.42 Å². The normalized spacial score (nSPS) is 23.1. The van der Waals surface area contributed by atoms with Crippen molar-refractivity contribution in [1.29, 1.82) is 0 Å². The average molecular weight is 295 g/mol. The van der Waals surface area contributed by atoms with Crippen molar-refractivity contribution in [3.05, 3.63) is 24.2 Å². The van der Waals surface area contributed by atoms with Crippen molar-refractivity contribution >= 4 is 23.6 Å². The van der Waals surface area contributed by atoms with Crippen LogP contribution in [-0.2, 0) is 4.79 Å². The van der Waals surface area contributed by atoms with Gasteiger partial charge in [0.2, 0.25) is 5.91 Å². The first-order valence-electron chi connectivity index (χ1n) is 6.68. The van der Waals surface area contributed by atoms with Crippen molar-refractivity contribution in [3.8, 4) is 0 Å². The van der Waals surface area contributed by atoms with Crippen molar-refractivity contribution in [2.24, 2.45) is 0 Å². The van der Waals surface area contributed by atoms with E-state index < -0.39 is 0 Å². The quantitative estimate of drug-likeness (QED) is 0.846. The molecular formula is C13H17N3O3S. The van der Waals surface area contributed by atoms with Gasteiger partial charge < -0.3 is 14.2 Å². The molecule has 3 heterocycles. The first-order valence-corrected chi connectivity index (χ1v) is 7.84. The molecule has 0 aromatic carbocycles. The number of carbonyl (C=O) groups is 2. The SMILES string of the molecule is O=C(c1ccco1)N1CCN(C(=O)C2CSCN2)CC1. The first-order chi connectivity index (χ1) is 9.75. The largest absolute Gasteiger partial charge is 0.459 e. The van der Waals surface area contributed by atoms with E-state index in [0.717, 1.165) is 11.6 Å². The molecule has 2 saturated heterocycles. The third kappa shape index (κ3) is 2.69. The standard InChI is InChI=1S/C13H17N3O3S/c17-12(10-8-20-9-14-10)15-3-5-16(6-4-15)13(18)11-2-1-7-19-11/h1-2,7,10,14H,3-6,8-9H2. The fourth-order valence-electron chi connectivity index (χ4n) is 2.46. The Morgan fingerprint density at radius 1 is 1.25 bits per heavy atom. The molecule has 2 amide bonds. The van der Waals surface area contributed by atoms with Gasteiger partial charge in [0.25, 0.3) is 5.91 Å². The summed E-state index contributed by atoms with van der Waals surface area (Å²) in [6.07, 6.45) is 1.50. The molecule has 2 aliphatic rings. The van der Waals surface area contributed by atoms with Gasteiger partial charge in [0.05, 0.1) is 12.3 Å². The lowest BCUT2D eigenvalue weighted by Gasteiger charge is -2.35. The second kappa shape index (κ2) is 5.88. The summed E-state index contributed by atoms with van der Waals surface area (Å²) >= 11 is 1.74. The highest BCUT2D eigenvalue weighted by molar-refractivity contribution is 7.99. The molecule has 1 unspecified atom stereocenters. The molecule has 0 saturated carbocycles. The molecule has 2 aliphatic heterocycles. The van der Waals surface area contributed by atoms with Gasteiger partial charge in [-0.15, -0.1) is 11.8 Å². The van der Waals surface area contributed by atoms with E-state index in [0.29, 0.717) is 31.9 Å². The van der Waals surface area contributed by atoms with Crippen LogP contribution in [0.25, 0.3) is 0 Å². The summed E-state index contributed by atoms with van der Waals surface area (Å²) in [5.41, 5.74) is 0. The average Bonchev–Trinajstić information content (AvgIpc) is 3.18. The van der Waals surface area contributed by atoms with Crippen LogP contribution in [0, 0.1) is 0 Å². The zero-order valence-corrected chi connectivity index (χ0v) is 11.9. The summed E-state index contributed by atoms with van der Waals surface area (Å²) in [6, 6.07) is 3.31. The molecule has 3 rings (SSSR count). The zero-order chi connectivity index (χ0) is 13.9. The third-order valence-electron chi connectivity index (χ3n) is 3.62. The van der Waals surface area contributed by atoms with Crippen LogP contribution in [0.5, 0.6) is 0 Å². The van der Waals surface area contributed by atoms with Crippen LogP contribution in [0.2, 0.25) is 0 Å². The van der Waals surface area contributed by atoms with Crippen LogP contribution in [0.1, 0.15) is 10.6 Å². The first kappa shape index (κ1) is 13.5. The second-order valence-electron chi connectivity index (χ2n) is 4.87. The Kier molecular flexibility index (Phi) is 3.98. The fraction of sp³-hybridized carbons (Fsp3) is 0.538. The van der Waals surface area contributed by atoms with Crippen LogP contribution in [-0.4, -0.2) is 65.5 Å². The Bertz CT molecular complexity index is 477. The lowest BCUT2D eigenvalue weighted by molar-refractivity contribution is -0.134. The van der Waals surface area contributed by atoms with Gasteiger partial charge in [-0.1, -0.05) is 0 Å². The van der Waals surface area contributed by atoms with Crippen LogP contribution in [0.4, 0.5) is 0 Å². The highest BCUT2D eigenvalue weighted by Gasteiger charge is 2.31. The summed E-state index contributed by atoms with van der Waals surface area (Å²) in [6.45, 7) is 2.30. The molecule has 1 N–H and O–H groups in total. The molecule has 2 fully saturated rings. The van der Waals surface area contributed by atoms with Crippen LogP contribution < -0.4 is 5.32 Å². The smallest absolute Gasteiger partial charge is 0.289 e. The van der Waals surface area contributed by atoms with Crippen molar-refractivity contribution in [2.45, 2.75) is 6.04 Å². The van der Waals surface area contributed by atoms with Gasteiger partial charge in [-0.2, -0.15) is 0 Å². The van der Waals surface area contributed by atoms with E-state index in [2.05, 4.69) is 5.32 Å². The summed E-state index contributed by atoms with van der Waals surface area (Å²) < 4.78 is 5.12. The number of piperazine rings is 1. The van der Waals surface area contributed by atoms with Crippen molar-refractivity contribution in [2.75, 3.05) is 37.8 Å². The van der Waals surface area contributed by atoms with Gasteiger partial charge in [-0.3, -0.25) is 14.9 Å². The summed E-state index contributed by atoms with van der Waals surface area (Å²) in [5, 5.41) is 3.19. The third-order valence-corrected chi connectivity index (χ3v) is 4.56. The summed E-state index contributed by atoms with van der Waals surface area (Å²) in [4.78, 5) is 27.9. The maximum absolute atomic E-state index is 12.2. The zero-order valence-electron chi connectivity index (χ0n) is 11.1. The minimum atomic E-state index is -0.100. The fourth-order valence-corrected chi connectivity index (χ4v) is 3.39. The predicted octanol–water partition coefficient (Wildman–Crippen LogP) is 0.226. The summed E-state index contributed by atoms with van der Waals surface area (Å²) in [5.74, 6) is 2.09. The maximum Gasteiger partial charge on any atom is 0.289 e. The van der Waals surface area contributed by atoms with Crippen LogP contribution >= 0.6 is 11.8 Å². The Hall–Kier alpha value is -1.47. The summed E-state index contributed by atoms with van der Waals surface area (Å²) in [7, 11) is 0. The van der Waals surface area contributed by atoms with Gasteiger partial charge in [0.1, 0.15) is 0 Å². The van der Waals surface area contributed by atoms with Gasteiger partial charge in [-0.05, 0) is 12.1 Å². The lowest BCUT2D eigenvalue weighted by atomic mass is 10.2. The van der Waals surface area contributed by atoms with E-state index in [-0.39, 0.29) is 17.9 Å². The Morgan fingerprint density at radius 3 is 2.60 bits per heavy atom. The number of rotatable bonds is 2. The van der Waals surface area contributed by atoms with Gasteiger partial charge >= 0.3 is 0 Å². The van der Waals surface area contributed by atoms with Crippen molar-refractivity contribution in [1.82, 2.24) is 15.1 Å². The molecule has 108 valence electrons. The molecule has 0 aliphatic carbocycles. The van der Waals surface area contributed by atoms with E-state index in [1.165, 1.54) is 6.26 Å². The molecule has 1 aromatic heterocycles. The lowest BCUT2D eigenvalue weighted by Crippen LogP contribution is -2.54. The number of nitrogens with one attached hydrogen (secondary N) is 1. The predicted molar refractivity (Wildman–Crippen MR) is 75.4 cm³/mol. The molecule has 0 bridgehead atoms. The second-order valence-corrected chi connectivity index (χ2v) is 5.90. The van der Waals surface area contributed by atoms with E-state index in [1.807, 2.05) is 4.90 Å². The Labute approximate surface area is 121 Å². The molecule has 1 atom stereocenters. The highest BCUT2D eigenvalue weighted by Crippen LogP contribution is 2.14. The maximum atomic E-state index is 12.2. The minimum absolute atomic E-state index is 0.0627. The van der Waals surface area contributed by atoms with E-state index in [1.54, 1.807) is 28.8 Å². The number of hydrogen-bond acceptors (Lipinski definition) is 5. The number of carbonyl (C=O) groups excluding carboxylic acids is 2. The number of furan rings is 1. The van der Waals surface area contributed by atoms with Gasteiger partial charge in [0, 0.05) is 37.8 Å². The van der Waals surface area contributed by atoms with Crippen molar-refractivity contribution in [3.63, 3.8) is 0 Å². The molecule has 1 aromatic rings. The topological polar surface area (TPSA) is 65.8 Å². The number of hydrogen-bond donors (Lipinski definition) is 1. The number of thioether (sulfide) groups is 1. The van der Waals surface area contributed by atoms with E-state index >= 15 is 0 Å². The number of nitrogens with zero attached hydrogens (tertiary/aromatic N) is 2. The molecule has 6 nitrogen and oxygen atoms in total. The highest BCUT2D eigenvalue weighted by atomic mass is 32.2.